The largest absolute Gasteiger partial charge is 0.480 e. The SMILES string of the molecule is O=C(NCc1nn[nH]n1)NC1(C(=O)O)CCCC1. The molecule has 0 saturated heterocycles. The van der Waals surface area contributed by atoms with Gasteiger partial charge in [-0.2, -0.15) is 5.21 Å². The number of hydrogen-bond donors (Lipinski definition) is 4. The lowest BCUT2D eigenvalue weighted by Gasteiger charge is -2.25. The van der Waals surface area contributed by atoms with E-state index in [1.165, 1.54) is 0 Å². The molecular weight excluding hydrogens is 240 g/mol. The normalized spacial score (nSPS) is 17.3. The molecule has 1 fully saturated rings. The fourth-order valence-corrected chi connectivity index (χ4v) is 2.05. The molecule has 1 heterocycles. The summed E-state index contributed by atoms with van der Waals surface area (Å²) in [5, 5.41) is 27.1. The number of aromatic amines is 1. The van der Waals surface area contributed by atoms with E-state index in [0.717, 1.165) is 12.8 Å². The standard InChI is InChI=1S/C9H14N6O3/c16-7(17)9(3-1-2-4-9)11-8(18)10-5-6-12-14-15-13-6/h1-5H2,(H,16,17)(H2,10,11,18)(H,12,13,14,15). The molecule has 0 bridgehead atoms. The van der Waals surface area contributed by atoms with Crippen LogP contribution in [-0.2, 0) is 11.3 Å². The lowest BCUT2D eigenvalue weighted by molar-refractivity contribution is -0.144. The molecule has 1 aliphatic carbocycles. The summed E-state index contributed by atoms with van der Waals surface area (Å²) in [7, 11) is 0. The number of urea groups is 1. The molecule has 9 heteroatoms. The molecule has 2 rings (SSSR count). The molecule has 0 radical (unpaired) electrons. The molecule has 0 unspecified atom stereocenters. The Morgan fingerprint density at radius 3 is 2.67 bits per heavy atom. The van der Waals surface area contributed by atoms with Crippen LogP contribution in [-0.4, -0.2) is 43.3 Å². The van der Waals surface area contributed by atoms with Crippen molar-refractivity contribution in [2.45, 2.75) is 37.8 Å². The van der Waals surface area contributed by atoms with Crippen molar-refractivity contribution in [3.8, 4) is 0 Å². The van der Waals surface area contributed by atoms with Crippen LogP contribution in [0.1, 0.15) is 31.5 Å². The Morgan fingerprint density at radius 1 is 1.39 bits per heavy atom. The van der Waals surface area contributed by atoms with Crippen molar-refractivity contribution in [3.63, 3.8) is 0 Å². The molecule has 2 amide bonds. The molecule has 1 aromatic rings. The molecule has 1 saturated carbocycles. The first-order valence-electron chi connectivity index (χ1n) is 5.64. The van der Waals surface area contributed by atoms with Crippen molar-refractivity contribution in [1.82, 2.24) is 31.3 Å². The number of carboxylic acid groups (broad SMARTS) is 1. The highest BCUT2D eigenvalue weighted by Gasteiger charge is 2.42. The highest BCUT2D eigenvalue weighted by Crippen LogP contribution is 2.29. The van der Waals surface area contributed by atoms with Gasteiger partial charge >= 0.3 is 12.0 Å². The number of hydrogen-bond acceptors (Lipinski definition) is 5. The van der Waals surface area contributed by atoms with Gasteiger partial charge < -0.3 is 15.7 Å². The topological polar surface area (TPSA) is 133 Å². The van der Waals surface area contributed by atoms with Gasteiger partial charge in [0.25, 0.3) is 0 Å². The summed E-state index contributed by atoms with van der Waals surface area (Å²) in [6.07, 6.45) is 2.52. The Kier molecular flexibility index (Phi) is 3.40. The second-order valence-corrected chi connectivity index (χ2v) is 4.23. The first-order valence-corrected chi connectivity index (χ1v) is 5.64. The van der Waals surface area contributed by atoms with Crippen LogP contribution in [0.5, 0.6) is 0 Å². The molecule has 0 spiro atoms. The maximum atomic E-state index is 11.6. The highest BCUT2D eigenvalue weighted by molar-refractivity contribution is 5.86. The van der Waals surface area contributed by atoms with E-state index < -0.39 is 17.5 Å². The number of nitrogens with zero attached hydrogens (tertiary/aromatic N) is 3. The van der Waals surface area contributed by atoms with Crippen LogP contribution >= 0.6 is 0 Å². The predicted molar refractivity (Wildman–Crippen MR) is 58.4 cm³/mol. The zero-order valence-electron chi connectivity index (χ0n) is 9.64. The number of carboxylic acids is 1. The second-order valence-electron chi connectivity index (χ2n) is 4.23. The number of tetrazole rings is 1. The van der Waals surface area contributed by atoms with Crippen molar-refractivity contribution in [3.05, 3.63) is 5.82 Å². The summed E-state index contributed by atoms with van der Waals surface area (Å²) < 4.78 is 0. The summed E-state index contributed by atoms with van der Waals surface area (Å²) in [5.41, 5.74) is -1.14. The number of amides is 2. The van der Waals surface area contributed by atoms with E-state index >= 15 is 0 Å². The van der Waals surface area contributed by atoms with Crippen LogP contribution in [0.4, 0.5) is 4.79 Å². The number of nitrogens with one attached hydrogen (secondary N) is 3. The van der Waals surface area contributed by atoms with Crippen LogP contribution in [0.2, 0.25) is 0 Å². The van der Waals surface area contributed by atoms with Gasteiger partial charge in [0.15, 0.2) is 5.82 Å². The summed E-state index contributed by atoms with van der Waals surface area (Å²) in [6.45, 7) is 0.0953. The van der Waals surface area contributed by atoms with Crippen molar-refractivity contribution in [1.29, 1.82) is 0 Å². The third-order valence-corrected chi connectivity index (χ3v) is 3.02. The van der Waals surface area contributed by atoms with E-state index in [-0.39, 0.29) is 6.54 Å². The molecule has 1 aromatic heterocycles. The van der Waals surface area contributed by atoms with E-state index in [1.807, 2.05) is 0 Å². The molecule has 0 atom stereocenters. The second kappa shape index (κ2) is 4.98. The zero-order valence-corrected chi connectivity index (χ0v) is 9.64. The van der Waals surface area contributed by atoms with Gasteiger partial charge in [0.05, 0.1) is 6.54 Å². The van der Waals surface area contributed by atoms with E-state index in [1.54, 1.807) is 0 Å². The molecule has 0 aliphatic heterocycles. The summed E-state index contributed by atoms with van der Waals surface area (Å²) in [4.78, 5) is 22.8. The molecule has 9 nitrogen and oxygen atoms in total. The van der Waals surface area contributed by atoms with Crippen molar-refractivity contribution in [2.75, 3.05) is 0 Å². The minimum Gasteiger partial charge on any atom is -0.480 e. The van der Waals surface area contributed by atoms with E-state index in [0.29, 0.717) is 18.7 Å². The number of H-pyrrole nitrogens is 1. The first kappa shape index (κ1) is 12.3. The van der Waals surface area contributed by atoms with Crippen molar-refractivity contribution >= 4 is 12.0 Å². The van der Waals surface area contributed by atoms with Crippen LogP contribution < -0.4 is 10.6 Å². The number of aliphatic carboxylic acids is 1. The number of carbonyl (C=O) groups excluding carboxylic acids is 1. The van der Waals surface area contributed by atoms with E-state index in [4.69, 9.17) is 0 Å². The Hall–Kier alpha value is -2.19. The van der Waals surface area contributed by atoms with Gasteiger partial charge in [-0.25, -0.2) is 9.59 Å². The minimum absolute atomic E-state index is 0.0953. The number of rotatable bonds is 4. The maximum absolute atomic E-state index is 11.6. The van der Waals surface area contributed by atoms with Gasteiger partial charge in [-0.3, -0.25) is 0 Å². The van der Waals surface area contributed by atoms with E-state index in [9.17, 15) is 14.7 Å². The monoisotopic (exact) mass is 254 g/mol. The summed E-state index contributed by atoms with van der Waals surface area (Å²) in [5.74, 6) is -0.657. The van der Waals surface area contributed by atoms with E-state index in [2.05, 4.69) is 31.3 Å². The van der Waals surface area contributed by atoms with Crippen LogP contribution in [0.15, 0.2) is 0 Å². The van der Waals surface area contributed by atoms with Gasteiger partial charge in [-0.05, 0) is 12.8 Å². The molecule has 4 N–H and O–H groups in total. The Balaban J connectivity index is 1.88. The average molecular weight is 254 g/mol. The molecule has 0 aromatic carbocycles. The predicted octanol–water partition coefficient (Wildman–Crippen LogP) is -0.604. The lowest BCUT2D eigenvalue weighted by Crippen LogP contribution is -2.55. The fraction of sp³-hybridized carbons (Fsp3) is 0.667. The Morgan fingerprint density at radius 2 is 2.11 bits per heavy atom. The number of carbonyl (C=O) groups is 2. The van der Waals surface area contributed by atoms with Crippen LogP contribution in [0.25, 0.3) is 0 Å². The Bertz CT molecular complexity index is 426. The van der Waals surface area contributed by atoms with Crippen molar-refractivity contribution < 1.29 is 14.7 Å². The molecular formula is C9H14N6O3. The van der Waals surface area contributed by atoms with Crippen LogP contribution in [0, 0.1) is 0 Å². The quantitative estimate of drug-likeness (QED) is 0.566. The van der Waals surface area contributed by atoms with Gasteiger partial charge in [-0.15, -0.1) is 10.2 Å². The van der Waals surface area contributed by atoms with Gasteiger partial charge in [0, 0.05) is 0 Å². The molecule has 18 heavy (non-hydrogen) atoms. The van der Waals surface area contributed by atoms with Crippen LogP contribution in [0.3, 0.4) is 0 Å². The zero-order chi connectivity index (χ0) is 13.0. The van der Waals surface area contributed by atoms with Crippen molar-refractivity contribution in [2.24, 2.45) is 0 Å². The fourth-order valence-electron chi connectivity index (χ4n) is 2.05. The van der Waals surface area contributed by atoms with Gasteiger partial charge in [-0.1, -0.05) is 18.1 Å². The smallest absolute Gasteiger partial charge is 0.329 e. The number of aromatic nitrogens is 4. The first-order chi connectivity index (χ1) is 8.62. The van der Waals surface area contributed by atoms with Gasteiger partial charge in [0.1, 0.15) is 5.54 Å². The molecule has 1 aliphatic rings. The lowest BCUT2D eigenvalue weighted by atomic mass is 9.98. The highest BCUT2D eigenvalue weighted by atomic mass is 16.4. The maximum Gasteiger partial charge on any atom is 0.329 e. The Labute approximate surface area is 102 Å². The third-order valence-electron chi connectivity index (χ3n) is 3.02. The summed E-state index contributed by atoms with van der Waals surface area (Å²) in [6, 6.07) is -0.538. The van der Waals surface area contributed by atoms with Gasteiger partial charge in [0.2, 0.25) is 0 Å². The third kappa shape index (κ3) is 2.55. The molecule has 98 valence electrons. The summed E-state index contributed by atoms with van der Waals surface area (Å²) >= 11 is 0. The average Bonchev–Trinajstić information content (AvgIpc) is 2.97. The minimum atomic E-state index is -1.14.